The largest absolute Gasteiger partial charge is 0.356 e. The fourth-order valence-corrected chi connectivity index (χ4v) is 1.71. The maximum Gasteiger partial charge on any atom is 0.229 e. The highest BCUT2D eigenvalue weighted by Crippen LogP contribution is 2.06. The van der Waals surface area contributed by atoms with E-state index in [0.29, 0.717) is 25.1 Å². The molecule has 0 aliphatic carbocycles. The molecular formula is C15H21FN2O2. The SMILES string of the molecule is CCCCNC(=O)CC(=O)NCCc1ccccc1F. The molecular weight excluding hydrogens is 259 g/mol. The van der Waals surface area contributed by atoms with E-state index in [1.807, 2.05) is 6.92 Å². The summed E-state index contributed by atoms with van der Waals surface area (Å²) in [6, 6.07) is 6.44. The van der Waals surface area contributed by atoms with Crippen LogP contribution in [0, 0.1) is 5.82 Å². The lowest BCUT2D eigenvalue weighted by molar-refractivity contribution is -0.129. The Hall–Kier alpha value is -1.91. The average Bonchev–Trinajstić information content (AvgIpc) is 2.41. The minimum absolute atomic E-state index is 0.180. The number of amides is 2. The summed E-state index contributed by atoms with van der Waals surface area (Å²) in [5.74, 6) is -0.892. The molecule has 1 aromatic rings. The van der Waals surface area contributed by atoms with Gasteiger partial charge in [-0.3, -0.25) is 9.59 Å². The van der Waals surface area contributed by atoms with Crippen molar-refractivity contribution in [3.05, 3.63) is 35.6 Å². The molecule has 0 spiro atoms. The summed E-state index contributed by atoms with van der Waals surface area (Å²) in [5, 5.41) is 5.29. The molecule has 20 heavy (non-hydrogen) atoms. The van der Waals surface area contributed by atoms with Crippen molar-refractivity contribution in [3.63, 3.8) is 0 Å². The first-order chi connectivity index (χ1) is 9.63. The van der Waals surface area contributed by atoms with Gasteiger partial charge in [0.15, 0.2) is 0 Å². The zero-order chi connectivity index (χ0) is 14.8. The first-order valence-corrected chi connectivity index (χ1v) is 6.90. The third-order valence-electron chi connectivity index (χ3n) is 2.85. The van der Waals surface area contributed by atoms with Crippen LogP contribution in [0.4, 0.5) is 4.39 Å². The second kappa shape index (κ2) is 9.07. The maximum atomic E-state index is 13.3. The first-order valence-electron chi connectivity index (χ1n) is 6.90. The van der Waals surface area contributed by atoms with Crippen LogP contribution in [-0.4, -0.2) is 24.9 Å². The normalized spacial score (nSPS) is 10.1. The minimum atomic E-state index is -0.338. The number of unbranched alkanes of at least 4 members (excludes halogenated alkanes) is 1. The van der Waals surface area contributed by atoms with Crippen molar-refractivity contribution in [2.45, 2.75) is 32.6 Å². The van der Waals surface area contributed by atoms with Crippen LogP contribution in [-0.2, 0) is 16.0 Å². The molecule has 1 rings (SSSR count). The van der Waals surface area contributed by atoms with E-state index in [1.54, 1.807) is 18.2 Å². The van der Waals surface area contributed by atoms with Gasteiger partial charge in [-0.15, -0.1) is 0 Å². The van der Waals surface area contributed by atoms with E-state index in [-0.39, 0.29) is 24.1 Å². The fraction of sp³-hybridized carbons (Fsp3) is 0.467. The third kappa shape index (κ3) is 6.31. The Morgan fingerprint density at radius 3 is 2.40 bits per heavy atom. The Kier molecular flexibility index (Phi) is 7.32. The lowest BCUT2D eigenvalue weighted by Crippen LogP contribution is -2.33. The first kappa shape index (κ1) is 16.1. The monoisotopic (exact) mass is 280 g/mol. The molecule has 2 amide bonds. The number of benzene rings is 1. The maximum absolute atomic E-state index is 13.3. The molecule has 0 heterocycles. The lowest BCUT2D eigenvalue weighted by atomic mass is 10.1. The molecule has 4 nitrogen and oxygen atoms in total. The van der Waals surface area contributed by atoms with Crippen LogP contribution < -0.4 is 10.6 Å². The number of nitrogens with one attached hydrogen (secondary N) is 2. The molecule has 110 valence electrons. The molecule has 1 aromatic carbocycles. The quantitative estimate of drug-likeness (QED) is 0.563. The number of carbonyl (C=O) groups excluding carboxylic acids is 2. The molecule has 0 fully saturated rings. The highest BCUT2D eigenvalue weighted by Gasteiger charge is 2.08. The summed E-state index contributed by atoms with van der Waals surface area (Å²) in [5.41, 5.74) is 0.556. The molecule has 0 saturated carbocycles. The van der Waals surface area contributed by atoms with Gasteiger partial charge in [0.05, 0.1) is 0 Å². The van der Waals surface area contributed by atoms with Crippen LogP contribution in [0.2, 0.25) is 0 Å². The summed E-state index contributed by atoms with van der Waals surface area (Å²) in [7, 11) is 0. The second-order valence-electron chi connectivity index (χ2n) is 4.57. The third-order valence-corrected chi connectivity index (χ3v) is 2.85. The van der Waals surface area contributed by atoms with Crippen molar-refractivity contribution in [2.24, 2.45) is 0 Å². The van der Waals surface area contributed by atoms with Crippen LogP contribution in [0.25, 0.3) is 0 Å². The molecule has 0 saturated heterocycles. The van der Waals surface area contributed by atoms with Gasteiger partial charge in [-0.25, -0.2) is 4.39 Å². The number of halogens is 1. The highest BCUT2D eigenvalue weighted by molar-refractivity contribution is 5.96. The van der Waals surface area contributed by atoms with Crippen LogP contribution >= 0.6 is 0 Å². The molecule has 0 aliphatic rings. The molecule has 0 bridgehead atoms. The fourth-order valence-electron chi connectivity index (χ4n) is 1.71. The number of hydrogen-bond donors (Lipinski definition) is 2. The number of carbonyl (C=O) groups is 2. The van der Waals surface area contributed by atoms with E-state index >= 15 is 0 Å². The topological polar surface area (TPSA) is 58.2 Å². The lowest BCUT2D eigenvalue weighted by Gasteiger charge is -2.07. The van der Waals surface area contributed by atoms with Crippen molar-refractivity contribution in [2.75, 3.05) is 13.1 Å². The summed E-state index contributed by atoms with van der Waals surface area (Å²) >= 11 is 0. The Morgan fingerprint density at radius 1 is 1.10 bits per heavy atom. The Morgan fingerprint density at radius 2 is 1.75 bits per heavy atom. The highest BCUT2D eigenvalue weighted by atomic mass is 19.1. The molecule has 2 N–H and O–H groups in total. The summed E-state index contributed by atoms with van der Waals surface area (Å²) in [6.45, 7) is 2.95. The van der Waals surface area contributed by atoms with Crippen molar-refractivity contribution in [1.82, 2.24) is 10.6 Å². The van der Waals surface area contributed by atoms with E-state index < -0.39 is 0 Å². The molecule has 0 aliphatic heterocycles. The van der Waals surface area contributed by atoms with E-state index in [0.717, 1.165) is 12.8 Å². The van der Waals surface area contributed by atoms with Gasteiger partial charge in [0.2, 0.25) is 11.8 Å². The molecule has 0 atom stereocenters. The molecule has 5 heteroatoms. The average molecular weight is 280 g/mol. The van der Waals surface area contributed by atoms with Gasteiger partial charge in [0, 0.05) is 13.1 Å². The van der Waals surface area contributed by atoms with E-state index in [2.05, 4.69) is 10.6 Å². The van der Waals surface area contributed by atoms with Gasteiger partial charge in [0.25, 0.3) is 0 Å². The van der Waals surface area contributed by atoms with Crippen molar-refractivity contribution in [3.8, 4) is 0 Å². The number of hydrogen-bond acceptors (Lipinski definition) is 2. The van der Waals surface area contributed by atoms with E-state index in [1.165, 1.54) is 6.07 Å². The standard InChI is InChI=1S/C15H21FN2O2/c1-2-3-9-17-14(19)11-15(20)18-10-8-12-6-4-5-7-13(12)16/h4-7H,2-3,8-11H2,1H3,(H,17,19)(H,18,20). The zero-order valence-corrected chi connectivity index (χ0v) is 11.7. The van der Waals surface area contributed by atoms with Crippen LogP contribution in [0.15, 0.2) is 24.3 Å². The smallest absolute Gasteiger partial charge is 0.229 e. The summed E-state index contributed by atoms with van der Waals surface area (Å²) in [4.78, 5) is 22.9. The van der Waals surface area contributed by atoms with Crippen molar-refractivity contribution < 1.29 is 14.0 Å². The Bertz CT molecular complexity index is 449. The summed E-state index contributed by atoms with van der Waals surface area (Å²) in [6.07, 6.45) is 2.13. The Balaban J connectivity index is 2.20. The van der Waals surface area contributed by atoms with Gasteiger partial charge in [-0.1, -0.05) is 31.5 Å². The van der Waals surface area contributed by atoms with Crippen molar-refractivity contribution >= 4 is 11.8 Å². The Labute approximate surface area is 118 Å². The van der Waals surface area contributed by atoms with Crippen LogP contribution in [0.1, 0.15) is 31.7 Å². The predicted octanol–water partition coefficient (Wildman–Crippen LogP) is 1.79. The van der Waals surface area contributed by atoms with Gasteiger partial charge >= 0.3 is 0 Å². The molecule has 0 unspecified atom stereocenters. The predicted molar refractivity (Wildman–Crippen MR) is 75.6 cm³/mol. The van der Waals surface area contributed by atoms with Crippen molar-refractivity contribution in [1.29, 1.82) is 0 Å². The second-order valence-corrected chi connectivity index (χ2v) is 4.57. The number of rotatable bonds is 8. The molecule has 0 radical (unpaired) electrons. The van der Waals surface area contributed by atoms with Crippen LogP contribution in [0.3, 0.4) is 0 Å². The van der Waals surface area contributed by atoms with E-state index in [4.69, 9.17) is 0 Å². The van der Waals surface area contributed by atoms with E-state index in [9.17, 15) is 14.0 Å². The zero-order valence-electron chi connectivity index (χ0n) is 11.7. The van der Waals surface area contributed by atoms with Gasteiger partial charge in [-0.05, 0) is 24.5 Å². The van der Waals surface area contributed by atoms with Gasteiger partial charge in [-0.2, -0.15) is 0 Å². The molecule has 0 aromatic heterocycles. The summed E-state index contributed by atoms with van der Waals surface area (Å²) < 4.78 is 13.3. The van der Waals surface area contributed by atoms with Gasteiger partial charge in [0.1, 0.15) is 12.2 Å². The van der Waals surface area contributed by atoms with Gasteiger partial charge < -0.3 is 10.6 Å². The van der Waals surface area contributed by atoms with Crippen LogP contribution in [0.5, 0.6) is 0 Å². The minimum Gasteiger partial charge on any atom is -0.356 e.